The summed E-state index contributed by atoms with van der Waals surface area (Å²) in [6.45, 7) is 5.00. The Bertz CT molecular complexity index is 1260. The van der Waals surface area contributed by atoms with E-state index in [0.717, 1.165) is 38.5 Å². The van der Waals surface area contributed by atoms with Crippen molar-refractivity contribution in [1.82, 2.24) is 5.32 Å². The van der Waals surface area contributed by atoms with Crippen LogP contribution in [0.4, 0.5) is 0 Å². The van der Waals surface area contributed by atoms with Gasteiger partial charge in [-0.25, -0.2) is 0 Å². The van der Waals surface area contributed by atoms with Crippen molar-refractivity contribution in [2.75, 3.05) is 13.2 Å². The summed E-state index contributed by atoms with van der Waals surface area (Å²) in [5.41, 5.74) is 0. The van der Waals surface area contributed by atoms with Crippen molar-refractivity contribution in [3.8, 4) is 0 Å². The molecule has 0 heterocycles. The van der Waals surface area contributed by atoms with Crippen molar-refractivity contribution < 1.29 is 24.5 Å². The average Bonchev–Trinajstić information content (AvgIpc) is 3.50. The predicted octanol–water partition coefficient (Wildman–Crippen LogP) is 25.1. The third-order valence-corrected chi connectivity index (χ3v) is 18.3. The Hall–Kier alpha value is -1.40. The average molecular weight is 1170 g/mol. The molecule has 0 aromatic carbocycles. The lowest BCUT2D eigenvalue weighted by molar-refractivity contribution is -0.143. The standard InChI is InChI=1S/C77H151NO5/c1-3-5-7-9-11-13-15-16-17-43-46-50-53-57-61-65-69-75(80)74(73-79)78-76(81)70-66-62-58-54-51-47-44-41-39-37-35-33-31-29-27-25-23-21-19-18-20-22-24-26-28-30-32-34-36-38-40-42-45-48-52-56-60-64-68-72-83-77(82)71-67-63-59-55-49-14-12-10-8-6-4-2/h18-19,74-75,79-80H,3-17,20-73H2,1-2H3,(H,78,81)/b19-18-. The first kappa shape index (κ1) is 81.6. The maximum absolute atomic E-state index is 12.5. The van der Waals surface area contributed by atoms with Crippen LogP contribution in [0.25, 0.3) is 0 Å². The van der Waals surface area contributed by atoms with E-state index < -0.39 is 12.1 Å². The number of allylic oxidation sites excluding steroid dienone is 2. The highest BCUT2D eigenvalue weighted by Gasteiger charge is 2.20. The second kappa shape index (κ2) is 73.1. The first-order valence-electron chi connectivity index (χ1n) is 38.4. The number of carbonyl (C=O) groups is 2. The fourth-order valence-electron chi connectivity index (χ4n) is 12.5. The smallest absolute Gasteiger partial charge is 0.305 e. The molecule has 0 fully saturated rings. The third-order valence-electron chi connectivity index (χ3n) is 18.3. The number of hydrogen-bond acceptors (Lipinski definition) is 5. The molecule has 0 spiro atoms. The molecular formula is C77H151NO5. The second-order valence-electron chi connectivity index (χ2n) is 26.7. The van der Waals surface area contributed by atoms with E-state index in [1.54, 1.807) is 0 Å². The van der Waals surface area contributed by atoms with Gasteiger partial charge >= 0.3 is 5.97 Å². The van der Waals surface area contributed by atoms with Gasteiger partial charge in [0.2, 0.25) is 5.91 Å². The lowest BCUT2D eigenvalue weighted by Gasteiger charge is -2.22. The van der Waals surface area contributed by atoms with Crippen LogP contribution in [0.1, 0.15) is 444 Å². The number of aliphatic hydroxyl groups excluding tert-OH is 2. The van der Waals surface area contributed by atoms with Gasteiger partial charge in [0.25, 0.3) is 0 Å². The van der Waals surface area contributed by atoms with Crippen LogP contribution in [-0.2, 0) is 14.3 Å². The molecule has 0 aliphatic carbocycles. The zero-order chi connectivity index (χ0) is 59.9. The molecule has 0 aliphatic heterocycles. The molecule has 0 aliphatic rings. The highest BCUT2D eigenvalue weighted by atomic mass is 16.5. The maximum atomic E-state index is 12.5. The number of nitrogens with one attached hydrogen (secondary N) is 1. The predicted molar refractivity (Wildman–Crippen MR) is 366 cm³/mol. The van der Waals surface area contributed by atoms with Gasteiger partial charge in [0.1, 0.15) is 0 Å². The summed E-state index contributed by atoms with van der Waals surface area (Å²) in [4.78, 5) is 24.5. The van der Waals surface area contributed by atoms with E-state index in [2.05, 4.69) is 31.3 Å². The van der Waals surface area contributed by atoms with Crippen LogP contribution in [0.15, 0.2) is 12.2 Å². The van der Waals surface area contributed by atoms with E-state index in [9.17, 15) is 19.8 Å². The van der Waals surface area contributed by atoms with E-state index in [1.807, 2.05) is 0 Å². The highest BCUT2D eigenvalue weighted by Crippen LogP contribution is 2.20. The van der Waals surface area contributed by atoms with E-state index in [0.29, 0.717) is 25.9 Å². The Balaban J connectivity index is 3.31. The van der Waals surface area contributed by atoms with Gasteiger partial charge in [-0.15, -0.1) is 0 Å². The van der Waals surface area contributed by atoms with Crippen LogP contribution in [0.2, 0.25) is 0 Å². The van der Waals surface area contributed by atoms with E-state index in [-0.39, 0.29) is 18.5 Å². The Morgan fingerprint density at radius 1 is 0.325 bits per heavy atom. The molecule has 2 unspecified atom stereocenters. The third kappa shape index (κ3) is 69.6. The van der Waals surface area contributed by atoms with Gasteiger partial charge in [0, 0.05) is 12.8 Å². The molecule has 1 amide bonds. The summed E-state index contributed by atoms with van der Waals surface area (Å²) >= 11 is 0. The van der Waals surface area contributed by atoms with Gasteiger partial charge in [-0.1, -0.05) is 392 Å². The normalized spacial score (nSPS) is 12.5. The van der Waals surface area contributed by atoms with Crippen LogP contribution < -0.4 is 5.32 Å². The molecule has 2 atom stereocenters. The van der Waals surface area contributed by atoms with Crippen LogP contribution in [0.5, 0.6) is 0 Å². The lowest BCUT2D eigenvalue weighted by Crippen LogP contribution is -2.45. The van der Waals surface area contributed by atoms with Crippen LogP contribution in [0, 0.1) is 0 Å². The Labute approximate surface area is 520 Å². The fraction of sp³-hybridized carbons (Fsp3) is 0.948. The first-order chi connectivity index (χ1) is 41.0. The molecule has 494 valence electrons. The second-order valence-corrected chi connectivity index (χ2v) is 26.7. The van der Waals surface area contributed by atoms with Gasteiger partial charge in [-0.05, 0) is 51.4 Å². The molecule has 3 N–H and O–H groups in total. The molecule has 0 rings (SSSR count). The highest BCUT2D eigenvalue weighted by molar-refractivity contribution is 5.76. The topological polar surface area (TPSA) is 95.9 Å². The molecule has 0 aromatic rings. The van der Waals surface area contributed by atoms with E-state index in [4.69, 9.17) is 4.74 Å². The van der Waals surface area contributed by atoms with Gasteiger partial charge in [-0.3, -0.25) is 9.59 Å². The zero-order valence-electron chi connectivity index (χ0n) is 56.7. The van der Waals surface area contributed by atoms with Crippen molar-refractivity contribution in [3.05, 3.63) is 12.2 Å². The number of esters is 1. The fourth-order valence-corrected chi connectivity index (χ4v) is 12.5. The van der Waals surface area contributed by atoms with Crippen molar-refractivity contribution >= 4 is 11.9 Å². The van der Waals surface area contributed by atoms with Crippen LogP contribution >= 0.6 is 0 Å². The Morgan fingerprint density at radius 3 is 0.855 bits per heavy atom. The molecule has 0 radical (unpaired) electrons. The van der Waals surface area contributed by atoms with Gasteiger partial charge < -0.3 is 20.3 Å². The molecule has 6 nitrogen and oxygen atoms in total. The first-order valence-corrected chi connectivity index (χ1v) is 38.4. The number of carbonyl (C=O) groups excluding carboxylic acids is 2. The van der Waals surface area contributed by atoms with Crippen molar-refractivity contribution in [2.45, 2.75) is 456 Å². The molecule has 0 bridgehead atoms. The monoisotopic (exact) mass is 1170 g/mol. The van der Waals surface area contributed by atoms with E-state index in [1.165, 1.54) is 372 Å². The number of rotatable bonds is 73. The Morgan fingerprint density at radius 2 is 0.566 bits per heavy atom. The van der Waals surface area contributed by atoms with Crippen molar-refractivity contribution in [2.24, 2.45) is 0 Å². The summed E-state index contributed by atoms with van der Waals surface area (Å²) in [6, 6.07) is -0.537. The quantitative estimate of drug-likeness (QED) is 0.0320. The van der Waals surface area contributed by atoms with Crippen LogP contribution in [-0.4, -0.2) is 47.4 Å². The summed E-state index contributed by atoms with van der Waals surface area (Å²) in [7, 11) is 0. The molecule has 0 aromatic heterocycles. The minimum Gasteiger partial charge on any atom is -0.466 e. The number of ether oxygens (including phenoxy) is 1. The molecule has 0 saturated heterocycles. The van der Waals surface area contributed by atoms with E-state index >= 15 is 0 Å². The van der Waals surface area contributed by atoms with Crippen LogP contribution in [0.3, 0.4) is 0 Å². The largest absolute Gasteiger partial charge is 0.466 e. The number of unbranched alkanes of at least 4 members (excludes halogenated alkanes) is 60. The van der Waals surface area contributed by atoms with Gasteiger partial charge in [0.15, 0.2) is 0 Å². The number of amides is 1. The Kier molecular flexibility index (Phi) is 71.8. The van der Waals surface area contributed by atoms with Gasteiger partial charge in [-0.2, -0.15) is 0 Å². The maximum Gasteiger partial charge on any atom is 0.305 e. The summed E-state index contributed by atoms with van der Waals surface area (Å²) in [5, 5.41) is 23.4. The minimum absolute atomic E-state index is 0.0230. The number of hydrogen-bond donors (Lipinski definition) is 3. The molecular weight excluding hydrogens is 1020 g/mol. The summed E-state index contributed by atoms with van der Waals surface area (Å²) in [6.07, 6.45) is 91.6. The molecule has 83 heavy (non-hydrogen) atoms. The van der Waals surface area contributed by atoms with Gasteiger partial charge in [0.05, 0.1) is 25.4 Å². The zero-order valence-corrected chi connectivity index (χ0v) is 56.7. The van der Waals surface area contributed by atoms with Crippen molar-refractivity contribution in [1.29, 1.82) is 0 Å². The van der Waals surface area contributed by atoms with Crippen molar-refractivity contribution in [3.63, 3.8) is 0 Å². The summed E-state index contributed by atoms with van der Waals surface area (Å²) in [5.74, 6) is -0.00341. The molecule has 6 heteroatoms. The SMILES string of the molecule is CCCCCCCCCCCCCCCCCCC(O)C(CO)NC(=O)CCCCCCCCCCCCCCCCCCC/C=C\CCCCCCCCCCCCCCCCCCCCOC(=O)CCCCCCCCCCCCC. The molecule has 0 saturated carbocycles. The minimum atomic E-state index is -0.660. The lowest BCUT2D eigenvalue weighted by atomic mass is 10.0. The number of aliphatic hydroxyl groups is 2. The summed E-state index contributed by atoms with van der Waals surface area (Å²) < 4.78 is 5.48.